The van der Waals surface area contributed by atoms with Gasteiger partial charge in [-0.3, -0.25) is 0 Å². The summed E-state index contributed by atoms with van der Waals surface area (Å²) in [6.45, 7) is 0. The van der Waals surface area contributed by atoms with Gasteiger partial charge in [-0.05, 0) is 47.2 Å². The average molecular weight is 285 g/mol. The Morgan fingerprint density at radius 2 is 1.76 bits per heavy atom. The summed E-state index contributed by atoms with van der Waals surface area (Å²) in [6.07, 6.45) is 4.63. The van der Waals surface area contributed by atoms with Crippen molar-refractivity contribution in [1.82, 2.24) is 0 Å². The molecule has 0 atom stereocenters. The molecule has 1 heteroatoms. The molecule has 0 nitrogen and oxygen atoms in total. The highest BCUT2D eigenvalue weighted by atomic mass is 79.9. The SMILES string of the molecule is Brc1ccc2c(c1)/C(=C/c1ccccc1)CC2. The van der Waals surface area contributed by atoms with Crippen LogP contribution in [0.3, 0.4) is 0 Å². The van der Waals surface area contributed by atoms with Gasteiger partial charge in [0.05, 0.1) is 0 Å². The fraction of sp³-hybridized carbons (Fsp3) is 0.125. The van der Waals surface area contributed by atoms with E-state index in [1.165, 1.54) is 28.7 Å². The third-order valence-corrected chi connectivity index (χ3v) is 3.72. The molecule has 0 bridgehead atoms. The van der Waals surface area contributed by atoms with Crippen LogP contribution in [0.4, 0.5) is 0 Å². The number of benzene rings is 2. The average Bonchev–Trinajstić information content (AvgIpc) is 2.73. The zero-order valence-corrected chi connectivity index (χ0v) is 11.1. The molecule has 0 radical (unpaired) electrons. The Kier molecular flexibility index (Phi) is 2.86. The second kappa shape index (κ2) is 4.50. The van der Waals surface area contributed by atoms with E-state index in [-0.39, 0.29) is 0 Å². The van der Waals surface area contributed by atoms with Gasteiger partial charge < -0.3 is 0 Å². The van der Waals surface area contributed by atoms with Gasteiger partial charge in [-0.15, -0.1) is 0 Å². The lowest BCUT2D eigenvalue weighted by Crippen LogP contribution is -1.81. The van der Waals surface area contributed by atoms with Crippen molar-refractivity contribution < 1.29 is 0 Å². The molecular weight excluding hydrogens is 272 g/mol. The van der Waals surface area contributed by atoms with E-state index in [9.17, 15) is 0 Å². The van der Waals surface area contributed by atoms with Crippen molar-refractivity contribution in [2.75, 3.05) is 0 Å². The van der Waals surface area contributed by atoms with Crippen LogP contribution in [0.5, 0.6) is 0 Å². The Morgan fingerprint density at radius 3 is 2.59 bits per heavy atom. The van der Waals surface area contributed by atoms with Gasteiger partial charge in [0.15, 0.2) is 0 Å². The lowest BCUT2D eigenvalue weighted by atomic mass is 10.0. The van der Waals surface area contributed by atoms with Gasteiger partial charge in [0.25, 0.3) is 0 Å². The number of hydrogen-bond donors (Lipinski definition) is 0. The Labute approximate surface area is 110 Å². The summed E-state index contributed by atoms with van der Waals surface area (Å²) in [5, 5.41) is 0. The normalized spacial score (nSPS) is 16.2. The smallest absolute Gasteiger partial charge is 0.0181 e. The van der Waals surface area contributed by atoms with Crippen LogP contribution in [-0.2, 0) is 6.42 Å². The first-order valence-corrected chi connectivity index (χ1v) is 6.67. The summed E-state index contributed by atoms with van der Waals surface area (Å²) in [5.74, 6) is 0. The topological polar surface area (TPSA) is 0 Å². The lowest BCUT2D eigenvalue weighted by Gasteiger charge is -2.02. The highest BCUT2D eigenvalue weighted by Crippen LogP contribution is 2.35. The third-order valence-electron chi connectivity index (χ3n) is 3.22. The van der Waals surface area contributed by atoms with Crippen LogP contribution in [0.15, 0.2) is 53.0 Å². The molecular formula is C16H13Br. The van der Waals surface area contributed by atoms with E-state index < -0.39 is 0 Å². The molecule has 2 aromatic rings. The number of hydrogen-bond acceptors (Lipinski definition) is 0. The van der Waals surface area contributed by atoms with Crippen molar-refractivity contribution >= 4 is 27.6 Å². The fourth-order valence-electron chi connectivity index (χ4n) is 2.37. The molecule has 0 heterocycles. The quantitative estimate of drug-likeness (QED) is 0.696. The Hall–Kier alpha value is -1.34. The first kappa shape index (κ1) is 10.8. The highest BCUT2D eigenvalue weighted by molar-refractivity contribution is 9.10. The van der Waals surface area contributed by atoms with Crippen molar-refractivity contribution in [2.24, 2.45) is 0 Å². The third kappa shape index (κ3) is 2.20. The Bertz CT molecular complexity index is 567. The molecule has 0 saturated carbocycles. The van der Waals surface area contributed by atoms with E-state index in [4.69, 9.17) is 0 Å². The zero-order chi connectivity index (χ0) is 11.7. The van der Waals surface area contributed by atoms with Gasteiger partial charge in [-0.2, -0.15) is 0 Å². The second-order valence-corrected chi connectivity index (χ2v) is 5.30. The predicted molar refractivity (Wildman–Crippen MR) is 76.8 cm³/mol. The maximum absolute atomic E-state index is 3.55. The minimum Gasteiger partial charge on any atom is -0.0622 e. The first-order valence-electron chi connectivity index (χ1n) is 5.87. The van der Waals surface area contributed by atoms with E-state index >= 15 is 0 Å². The minimum absolute atomic E-state index is 1.15. The highest BCUT2D eigenvalue weighted by Gasteiger charge is 2.15. The van der Waals surface area contributed by atoms with Crippen molar-refractivity contribution in [3.63, 3.8) is 0 Å². The molecule has 0 N–H and O–H groups in total. The van der Waals surface area contributed by atoms with Crippen molar-refractivity contribution in [3.05, 3.63) is 69.7 Å². The van der Waals surface area contributed by atoms with Crippen LogP contribution >= 0.6 is 15.9 Å². The number of halogens is 1. The minimum atomic E-state index is 1.15. The van der Waals surface area contributed by atoms with Crippen LogP contribution in [-0.4, -0.2) is 0 Å². The number of allylic oxidation sites excluding steroid dienone is 1. The molecule has 0 aliphatic heterocycles. The summed E-state index contributed by atoms with van der Waals surface area (Å²) in [5.41, 5.74) is 5.61. The van der Waals surface area contributed by atoms with Gasteiger partial charge in [0.1, 0.15) is 0 Å². The molecule has 3 rings (SSSR count). The van der Waals surface area contributed by atoms with Crippen LogP contribution < -0.4 is 0 Å². The van der Waals surface area contributed by atoms with Crippen molar-refractivity contribution in [1.29, 1.82) is 0 Å². The van der Waals surface area contributed by atoms with Gasteiger partial charge >= 0.3 is 0 Å². The van der Waals surface area contributed by atoms with E-state index in [0.29, 0.717) is 0 Å². The summed E-state index contributed by atoms with van der Waals surface area (Å²) in [7, 11) is 0. The molecule has 0 unspecified atom stereocenters. The zero-order valence-electron chi connectivity index (χ0n) is 9.49. The number of fused-ring (bicyclic) bond motifs is 1. The van der Waals surface area contributed by atoms with Crippen LogP contribution in [0.1, 0.15) is 23.1 Å². The van der Waals surface area contributed by atoms with E-state index in [1.807, 2.05) is 0 Å². The van der Waals surface area contributed by atoms with Crippen molar-refractivity contribution in [3.8, 4) is 0 Å². The molecule has 84 valence electrons. The molecule has 1 aliphatic carbocycles. The molecule has 0 fully saturated rings. The van der Waals surface area contributed by atoms with E-state index in [2.05, 4.69) is 70.5 Å². The van der Waals surface area contributed by atoms with E-state index in [0.717, 1.165) is 10.9 Å². The molecule has 0 aromatic heterocycles. The largest absolute Gasteiger partial charge is 0.0622 e. The maximum atomic E-state index is 3.55. The maximum Gasteiger partial charge on any atom is 0.0181 e. The van der Waals surface area contributed by atoms with Gasteiger partial charge in [0, 0.05) is 4.47 Å². The van der Waals surface area contributed by atoms with E-state index in [1.54, 1.807) is 0 Å². The summed E-state index contributed by atoms with van der Waals surface area (Å²) in [6, 6.07) is 17.1. The van der Waals surface area contributed by atoms with Crippen LogP contribution in [0, 0.1) is 0 Å². The molecule has 0 saturated heterocycles. The second-order valence-electron chi connectivity index (χ2n) is 4.38. The number of rotatable bonds is 1. The molecule has 2 aromatic carbocycles. The summed E-state index contributed by atoms with van der Waals surface area (Å²) < 4.78 is 1.16. The standard InChI is InChI=1S/C16H13Br/c17-15-9-8-13-6-7-14(16(13)11-15)10-12-4-2-1-3-5-12/h1-5,8-11H,6-7H2/b14-10+. The monoisotopic (exact) mass is 284 g/mol. The Balaban J connectivity index is 2.04. The molecule has 1 aliphatic rings. The molecule has 0 amide bonds. The molecule has 17 heavy (non-hydrogen) atoms. The van der Waals surface area contributed by atoms with Gasteiger partial charge in [0.2, 0.25) is 0 Å². The number of aryl methyl sites for hydroxylation is 1. The predicted octanol–water partition coefficient (Wildman–Crippen LogP) is 4.94. The Morgan fingerprint density at radius 1 is 0.941 bits per heavy atom. The van der Waals surface area contributed by atoms with Crippen LogP contribution in [0.2, 0.25) is 0 Å². The summed E-state index contributed by atoms with van der Waals surface area (Å²) >= 11 is 3.55. The van der Waals surface area contributed by atoms with Crippen LogP contribution in [0.25, 0.3) is 11.6 Å². The van der Waals surface area contributed by atoms with Gasteiger partial charge in [-0.1, -0.05) is 58.4 Å². The molecule has 0 spiro atoms. The van der Waals surface area contributed by atoms with Crippen molar-refractivity contribution in [2.45, 2.75) is 12.8 Å². The lowest BCUT2D eigenvalue weighted by molar-refractivity contribution is 1.08. The van der Waals surface area contributed by atoms with Gasteiger partial charge in [-0.25, -0.2) is 0 Å². The first-order chi connectivity index (χ1) is 8.33. The summed E-state index contributed by atoms with van der Waals surface area (Å²) in [4.78, 5) is 0. The fourth-order valence-corrected chi connectivity index (χ4v) is 2.73.